The highest BCUT2D eigenvalue weighted by atomic mass is 79.9. The van der Waals surface area contributed by atoms with Gasteiger partial charge in [-0.2, -0.15) is 9.57 Å². The molecular weight excluding hydrogens is 631 g/mol. The van der Waals surface area contributed by atoms with Crippen molar-refractivity contribution in [2.75, 3.05) is 33.4 Å². The normalized spacial score (nSPS) is 14.7. The molecule has 0 aliphatic carbocycles. The number of esters is 1. The van der Waals surface area contributed by atoms with E-state index in [0.717, 1.165) is 0 Å². The molecule has 0 radical (unpaired) electrons. The van der Waals surface area contributed by atoms with Gasteiger partial charge < -0.3 is 14.2 Å². The van der Waals surface area contributed by atoms with Crippen LogP contribution in [0.3, 0.4) is 0 Å². The predicted molar refractivity (Wildman–Crippen MR) is 150 cm³/mol. The first-order valence-electron chi connectivity index (χ1n) is 11.7. The standard InChI is InChI=1S/C27H23BrCl2N2O6S/c1-3-37-24-12-20(7-4-18(24)13-31)38-16-27(21-10-17(26(33)36-2)5-8-22(21)28)14-32(15-27)39(34,35)25-9-6-19(29)11-23(25)30/h4-12H,3,14-16H2,1-2H3. The Balaban J connectivity index is 1.70. The Labute approximate surface area is 245 Å². The molecule has 0 N–H and O–H groups in total. The van der Waals surface area contributed by atoms with Crippen LogP contribution in [0.1, 0.15) is 28.4 Å². The maximum absolute atomic E-state index is 13.5. The average molecular weight is 654 g/mol. The second-order valence-electron chi connectivity index (χ2n) is 8.81. The molecule has 0 amide bonds. The van der Waals surface area contributed by atoms with Gasteiger partial charge in [0.1, 0.15) is 29.1 Å². The Hall–Kier alpha value is -2.81. The lowest BCUT2D eigenvalue weighted by molar-refractivity contribution is 0.0598. The van der Waals surface area contributed by atoms with Gasteiger partial charge in [-0.1, -0.05) is 39.1 Å². The van der Waals surface area contributed by atoms with Crippen molar-refractivity contribution < 1.29 is 27.4 Å². The van der Waals surface area contributed by atoms with E-state index >= 15 is 0 Å². The number of hydrogen-bond acceptors (Lipinski definition) is 7. The van der Waals surface area contributed by atoms with E-state index < -0.39 is 21.4 Å². The Morgan fingerprint density at radius 3 is 2.49 bits per heavy atom. The summed E-state index contributed by atoms with van der Waals surface area (Å²) in [4.78, 5) is 12.2. The van der Waals surface area contributed by atoms with Gasteiger partial charge in [0.15, 0.2) is 0 Å². The molecule has 1 saturated heterocycles. The van der Waals surface area contributed by atoms with E-state index in [1.807, 2.05) is 6.92 Å². The van der Waals surface area contributed by atoms with Gasteiger partial charge in [-0.25, -0.2) is 13.2 Å². The van der Waals surface area contributed by atoms with Crippen LogP contribution in [0.4, 0.5) is 0 Å². The van der Waals surface area contributed by atoms with Gasteiger partial charge in [0, 0.05) is 28.7 Å². The zero-order chi connectivity index (χ0) is 28.4. The third kappa shape index (κ3) is 5.88. The Morgan fingerprint density at radius 2 is 1.85 bits per heavy atom. The molecule has 3 aromatic rings. The number of carbonyl (C=O) groups is 1. The van der Waals surface area contributed by atoms with Gasteiger partial charge in [0.2, 0.25) is 10.0 Å². The van der Waals surface area contributed by atoms with Crippen LogP contribution in [0.5, 0.6) is 11.5 Å². The van der Waals surface area contributed by atoms with Crippen LogP contribution in [0, 0.1) is 11.3 Å². The smallest absolute Gasteiger partial charge is 0.337 e. The summed E-state index contributed by atoms with van der Waals surface area (Å²) in [5, 5.41) is 9.70. The summed E-state index contributed by atoms with van der Waals surface area (Å²) in [6.07, 6.45) is 0. The first kappa shape index (κ1) is 29.2. The van der Waals surface area contributed by atoms with E-state index in [-0.39, 0.29) is 29.6 Å². The summed E-state index contributed by atoms with van der Waals surface area (Å²) in [6.45, 7) is 2.34. The monoisotopic (exact) mass is 652 g/mol. The summed E-state index contributed by atoms with van der Waals surface area (Å²) in [7, 11) is -2.67. The lowest BCUT2D eigenvalue weighted by atomic mass is 9.75. The first-order chi connectivity index (χ1) is 18.5. The SMILES string of the molecule is CCOc1cc(OCC2(c3cc(C(=O)OC)ccc3Br)CN(S(=O)(=O)c3ccc(Cl)cc3Cl)C2)ccc1C#N. The summed E-state index contributed by atoms with van der Waals surface area (Å²) in [5.74, 6) is 0.305. The average Bonchev–Trinajstić information content (AvgIpc) is 2.88. The number of rotatable bonds is 9. The molecule has 1 aliphatic heterocycles. The van der Waals surface area contributed by atoms with E-state index in [1.165, 1.54) is 29.6 Å². The van der Waals surface area contributed by atoms with Crippen molar-refractivity contribution >= 4 is 55.1 Å². The van der Waals surface area contributed by atoms with E-state index in [0.29, 0.717) is 44.3 Å². The molecule has 0 aromatic heterocycles. The largest absolute Gasteiger partial charge is 0.492 e. The number of sulfonamides is 1. The number of halogens is 3. The molecule has 0 atom stereocenters. The predicted octanol–water partition coefficient (Wildman–Crippen LogP) is 5.83. The van der Waals surface area contributed by atoms with Crippen molar-refractivity contribution in [3.05, 3.63) is 85.8 Å². The highest BCUT2D eigenvalue weighted by Crippen LogP contribution is 2.43. The summed E-state index contributed by atoms with van der Waals surface area (Å²) in [5.41, 5.74) is 0.522. The molecule has 0 unspecified atom stereocenters. The summed E-state index contributed by atoms with van der Waals surface area (Å²) in [6, 6.07) is 16.2. The van der Waals surface area contributed by atoms with Crippen molar-refractivity contribution in [1.82, 2.24) is 4.31 Å². The first-order valence-corrected chi connectivity index (χ1v) is 14.7. The molecule has 0 saturated carbocycles. The zero-order valence-electron chi connectivity index (χ0n) is 20.9. The van der Waals surface area contributed by atoms with Gasteiger partial charge in [0.05, 0.1) is 35.3 Å². The number of hydrogen-bond donors (Lipinski definition) is 0. The molecule has 1 fully saturated rings. The van der Waals surface area contributed by atoms with E-state index in [4.69, 9.17) is 37.4 Å². The van der Waals surface area contributed by atoms with Crippen molar-refractivity contribution in [3.8, 4) is 17.6 Å². The molecule has 1 aliphatic rings. The number of methoxy groups -OCH3 is 1. The maximum atomic E-state index is 13.5. The highest BCUT2D eigenvalue weighted by Gasteiger charge is 2.51. The summed E-state index contributed by atoms with van der Waals surface area (Å²) >= 11 is 15.7. The van der Waals surface area contributed by atoms with Crippen molar-refractivity contribution in [2.45, 2.75) is 17.2 Å². The zero-order valence-corrected chi connectivity index (χ0v) is 24.8. The van der Waals surface area contributed by atoms with Gasteiger partial charge >= 0.3 is 5.97 Å². The molecule has 12 heteroatoms. The van der Waals surface area contributed by atoms with Crippen LogP contribution in [-0.2, 0) is 20.2 Å². The number of benzene rings is 3. The van der Waals surface area contributed by atoms with Crippen molar-refractivity contribution in [3.63, 3.8) is 0 Å². The highest BCUT2D eigenvalue weighted by molar-refractivity contribution is 9.10. The fourth-order valence-corrected chi connectivity index (χ4v) is 7.35. The van der Waals surface area contributed by atoms with Crippen LogP contribution >= 0.6 is 39.1 Å². The Morgan fingerprint density at radius 1 is 1.10 bits per heavy atom. The lowest BCUT2D eigenvalue weighted by Gasteiger charge is -2.49. The lowest BCUT2D eigenvalue weighted by Crippen LogP contribution is -2.63. The van der Waals surface area contributed by atoms with Crippen LogP contribution in [0.2, 0.25) is 10.0 Å². The molecule has 0 bridgehead atoms. The Kier molecular flexibility index (Phi) is 8.78. The fraction of sp³-hybridized carbons (Fsp3) is 0.259. The molecular formula is C27H23BrCl2N2O6S. The van der Waals surface area contributed by atoms with Gasteiger partial charge in [-0.15, -0.1) is 0 Å². The number of ether oxygens (including phenoxy) is 3. The second-order valence-corrected chi connectivity index (χ2v) is 12.4. The third-order valence-electron chi connectivity index (χ3n) is 6.32. The van der Waals surface area contributed by atoms with E-state index in [9.17, 15) is 18.5 Å². The summed E-state index contributed by atoms with van der Waals surface area (Å²) < 4.78 is 45.5. The molecule has 3 aromatic carbocycles. The molecule has 4 rings (SSSR count). The van der Waals surface area contributed by atoms with Crippen LogP contribution in [-0.4, -0.2) is 52.1 Å². The van der Waals surface area contributed by atoms with Crippen LogP contribution in [0.25, 0.3) is 0 Å². The van der Waals surface area contributed by atoms with Crippen molar-refractivity contribution in [2.24, 2.45) is 0 Å². The third-order valence-corrected chi connectivity index (χ3v) is 9.52. The number of carbonyl (C=O) groups excluding carboxylic acids is 1. The van der Waals surface area contributed by atoms with Crippen LogP contribution < -0.4 is 9.47 Å². The second kappa shape index (κ2) is 11.7. The number of nitrogens with zero attached hydrogens (tertiary/aromatic N) is 2. The molecule has 1 heterocycles. The molecule has 8 nitrogen and oxygen atoms in total. The molecule has 39 heavy (non-hydrogen) atoms. The van der Waals surface area contributed by atoms with E-state index in [1.54, 1.807) is 36.4 Å². The van der Waals surface area contributed by atoms with Gasteiger partial charge in [-0.3, -0.25) is 0 Å². The molecule has 0 spiro atoms. The van der Waals surface area contributed by atoms with Gasteiger partial charge in [-0.05, 0) is 61.0 Å². The van der Waals surface area contributed by atoms with E-state index in [2.05, 4.69) is 22.0 Å². The van der Waals surface area contributed by atoms with Crippen molar-refractivity contribution in [1.29, 1.82) is 5.26 Å². The quantitative estimate of drug-likeness (QED) is 0.267. The van der Waals surface area contributed by atoms with Gasteiger partial charge in [0.25, 0.3) is 0 Å². The topological polar surface area (TPSA) is 106 Å². The van der Waals surface area contributed by atoms with Crippen LogP contribution in [0.15, 0.2) is 64.0 Å². The fourth-order valence-electron chi connectivity index (χ4n) is 4.32. The maximum Gasteiger partial charge on any atom is 0.337 e. The minimum absolute atomic E-state index is 0.0196. The molecule has 204 valence electrons. The number of nitriles is 1. The minimum Gasteiger partial charge on any atom is -0.492 e. The Bertz CT molecular complexity index is 1570. The minimum atomic E-state index is -3.95.